The Bertz CT molecular complexity index is 707. The third-order valence-corrected chi connectivity index (χ3v) is 3.80. The molecule has 2 rings (SSSR count). The molecule has 2 aromatic rings. The molecule has 0 fully saturated rings. The average molecular weight is 345 g/mol. The Kier molecular flexibility index (Phi) is 6.51. The van der Waals surface area contributed by atoms with Gasteiger partial charge in [0.15, 0.2) is 11.5 Å². The van der Waals surface area contributed by atoms with Crippen LogP contribution in [-0.4, -0.2) is 40.9 Å². The van der Waals surface area contributed by atoms with Crippen LogP contribution in [0.5, 0.6) is 23.0 Å². The SMILES string of the molecule is COc1ccc(CCNC(=O)c2c(OC)cccc2OC)cc1OC. The van der Waals surface area contributed by atoms with E-state index < -0.39 is 0 Å². The number of methoxy groups -OCH3 is 4. The number of hydrogen-bond acceptors (Lipinski definition) is 5. The van der Waals surface area contributed by atoms with Crippen molar-refractivity contribution < 1.29 is 23.7 Å². The van der Waals surface area contributed by atoms with Gasteiger partial charge in [0, 0.05) is 6.54 Å². The maximum absolute atomic E-state index is 12.5. The molecule has 2 aromatic carbocycles. The van der Waals surface area contributed by atoms with E-state index in [4.69, 9.17) is 18.9 Å². The van der Waals surface area contributed by atoms with Crippen molar-refractivity contribution in [3.63, 3.8) is 0 Å². The van der Waals surface area contributed by atoms with E-state index in [2.05, 4.69) is 5.32 Å². The number of benzene rings is 2. The molecule has 0 saturated carbocycles. The summed E-state index contributed by atoms with van der Waals surface area (Å²) in [6, 6.07) is 10.9. The summed E-state index contributed by atoms with van der Waals surface area (Å²) in [4.78, 5) is 12.5. The summed E-state index contributed by atoms with van der Waals surface area (Å²) in [7, 11) is 6.24. The van der Waals surface area contributed by atoms with Crippen LogP contribution in [0.25, 0.3) is 0 Å². The lowest BCUT2D eigenvalue weighted by Crippen LogP contribution is -2.26. The normalized spacial score (nSPS) is 10.1. The first-order chi connectivity index (χ1) is 12.1. The van der Waals surface area contributed by atoms with Crippen molar-refractivity contribution in [2.75, 3.05) is 35.0 Å². The van der Waals surface area contributed by atoms with E-state index in [9.17, 15) is 4.79 Å². The minimum atomic E-state index is -0.241. The van der Waals surface area contributed by atoms with E-state index in [1.54, 1.807) is 32.4 Å². The van der Waals surface area contributed by atoms with Crippen molar-refractivity contribution in [1.29, 1.82) is 0 Å². The predicted octanol–water partition coefficient (Wildman–Crippen LogP) is 2.69. The van der Waals surface area contributed by atoms with Gasteiger partial charge in [0.05, 0.1) is 28.4 Å². The highest BCUT2D eigenvalue weighted by molar-refractivity contribution is 5.99. The Balaban J connectivity index is 2.04. The first-order valence-electron chi connectivity index (χ1n) is 7.84. The largest absolute Gasteiger partial charge is 0.496 e. The summed E-state index contributed by atoms with van der Waals surface area (Å²) in [5.74, 6) is 2.05. The van der Waals surface area contributed by atoms with Crippen LogP contribution in [0.2, 0.25) is 0 Å². The van der Waals surface area contributed by atoms with Crippen molar-refractivity contribution >= 4 is 5.91 Å². The quantitative estimate of drug-likeness (QED) is 0.797. The van der Waals surface area contributed by atoms with Crippen molar-refractivity contribution in [3.05, 3.63) is 47.5 Å². The maximum Gasteiger partial charge on any atom is 0.258 e. The number of ether oxygens (including phenoxy) is 4. The molecule has 0 radical (unpaired) electrons. The first-order valence-corrected chi connectivity index (χ1v) is 7.84. The van der Waals surface area contributed by atoms with Crippen LogP contribution in [0, 0.1) is 0 Å². The number of carbonyl (C=O) groups excluding carboxylic acids is 1. The van der Waals surface area contributed by atoms with Gasteiger partial charge in [-0.2, -0.15) is 0 Å². The summed E-state index contributed by atoms with van der Waals surface area (Å²) in [5, 5.41) is 2.89. The van der Waals surface area contributed by atoms with E-state index in [1.165, 1.54) is 14.2 Å². The fourth-order valence-electron chi connectivity index (χ4n) is 2.52. The third kappa shape index (κ3) is 4.35. The topological polar surface area (TPSA) is 66.0 Å². The molecule has 0 atom stereocenters. The van der Waals surface area contributed by atoms with Crippen LogP contribution in [0.3, 0.4) is 0 Å². The zero-order chi connectivity index (χ0) is 18.2. The van der Waals surface area contributed by atoms with Crippen LogP contribution in [0.15, 0.2) is 36.4 Å². The molecule has 0 unspecified atom stereocenters. The van der Waals surface area contributed by atoms with Gasteiger partial charge in [-0.25, -0.2) is 0 Å². The summed E-state index contributed by atoms with van der Waals surface area (Å²) < 4.78 is 21.0. The van der Waals surface area contributed by atoms with Gasteiger partial charge in [-0.15, -0.1) is 0 Å². The molecule has 25 heavy (non-hydrogen) atoms. The summed E-state index contributed by atoms with van der Waals surface area (Å²) in [6.45, 7) is 0.468. The Labute approximate surface area is 147 Å². The Morgan fingerprint density at radius 2 is 1.44 bits per heavy atom. The standard InChI is InChI=1S/C19H23NO5/c1-22-14-9-8-13(12-17(14)25-4)10-11-20-19(21)18-15(23-2)6-5-7-16(18)24-3/h5-9,12H,10-11H2,1-4H3,(H,20,21). The van der Waals surface area contributed by atoms with Gasteiger partial charge in [0.1, 0.15) is 17.1 Å². The van der Waals surface area contributed by atoms with E-state index in [0.29, 0.717) is 41.5 Å². The lowest BCUT2D eigenvalue weighted by atomic mass is 10.1. The molecule has 1 N–H and O–H groups in total. The zero-order valence-corrected chi connectivity index (χ0v) is 14.9. The summed E-state index contributed by atoms with van der Waals surface area (Å²) in [5.41, 5.74) is 1.42. The van der Waals surface area contributed by atoms with Gasteiger partial charge in [0.25, 0.3) is 5.91 Å². The molecule has 0 aliphatic rings. The fourth-order valence-corrected chi connectivity index (χ4v) is 2.52. The number of hydrogen-bond donors (Lipinski definition) is 1. The lowest BCUT2D eigenvalue weighted by molar-refractivity contribution is 0.0948. The summed E-state index contributed by atoms with van der Waals surface area (Å²) in [6.07, 6.45) is 0.656. The highest BCUT2D eigenvalue weighted by Gasteiger charge is 2.17. The highest BCUT2D eigenvalue weighted by atomic mass is 16.5. The predicted molar refractivity (Wildman–Crippen MR) is 95.1 cm³/mol. The first kappa shape index (κ1) is 18.4. The Morgan fingerprint density at radius 3 is 2.00 bits per heavy atom. The average Bonchev–Trinajstić information content (AvgIpc) is 2.66. The van der Waals surface area contributed by atoms with Crippen LogP contribution in [0.4, 0.5) is 0 Å². The van der Waals surface area contributed by atoms with E-state index >= 15 is 0 Å². The lowest BCUT2D eigenvalue weighted by Gasteiger charge is -2.13. The molecule has 0 aliphatic carbocycles. The van der Waals surface area contributed by atoms with Gasteiger partial charge >= 0.3 is 0 Å². The molecular weight excluding hydrogens is 322 g/mol. The number of amides is 1. The van der Waals surface area contributed by atoms with Gasteiger partial charge < -0.3 is 24.3 Å². The van der Waals surface area contributed by atoms with Crippen molar-refractivity contribution in [2.45, 2.75) is 6.42 Å². The molecule has 6 heteroatoms. The Morgan fingerprint density at radius 1 is 0.840 bits per heavy atom. The third-order valence-electron chi connectivity index (χ3n) is 3.80. The van der Waals surface area contributed by atoms with E-state index in [1.807, 2.05) is 18.2 Å². The van der Waals surface area contributed by atoms with Gasteiger partial charge in [-0.1, -0.05) is 12.1 Å². The molecule has 0 aromatic heterocycles. The van der Waals surface area contributed by atoms with Crippen molar-refractivity contribution in [1.82, 2.24) is 5.32 Å². The monoisotopic (exact) mass is 345 g/mol. The molecule has 0 saturated heterocycles. The van der Waals surface area contributed by atoms with Crippen LogP contribution in [-0.2, 0) is 6.42 Å². The summed E-state index contributed by atoms with van der Waals surface area (Å²) >= 11 is 0. The maximum atomic E-state index is 12.5. The molecular formula is C19H23NO5. The van der Waals surface area contributed by atoms with Crippen LogP contribution in [0.1, 0.15) is 15.9 Å². The molecule has 134 valence electrons. The Hall–Kier alpha value is -2.89. The fraction of sp³-hybridized carbons (Fsp3) is 0.316. The molecule has 0 heterocycles. The second kappa shape index (κ2) is 8.82. The van der Waals surface area contributed by atoms with Gasteiger partial charge in [0.2, 0.25) is 0 Å². The number of rotatable bonds is 8. The minimum absolute atomic E-state index is 0.241. The van der Waals surface area contributed by atoms with Crippen LogP contribution >= 0.6 is 0 Å². The smallest absolute Gasteiger partial charge is 0.258 e. The molecule has 0 aliphatic heterocycles. The number of nitrogens with one attached hydrogen (secondary N) is 1. The van der Waals surface area contributed by atoms with Gasteiger partial charge in [-0.05, 0) is 36.2 Å². The van der Waals surface area contributed by atoms with Crippen LogP contribution < -0.4 is 24.3 Å². The zero-order valence-electron chi connectivity index (χ0n) is 14.9. The molecule has 0 spiro atoms. The van der Waals surface area contributed by atoms with E-state index in [0.717, 1.165) is 5.56 Å². The molecule has 1 amide bonds. The highest BCUT2D eigenvalue weighted by Crippen LogP contribution is 2.29. The van der Waals surface area contributed by atoms with Gasteiger partial charge in [-0.3, -0.25) is 4.79 Å². The minimum Gasteiger partial charge on any atom is -0.496 e. The molecule has 0 bridgehead atoms. The number of carbonyl (C=O) groups is 1. The second-order valence-corrected chi connectivity index (χ2v) is 5.23. The van der Waals surface area contributed by atoms with E-state index in [-0.39, 0.29) is 5.91 Å². The van der Waals surface area contributed by atoms with Crippen molar-refractivity contribution in [2.24, 2.45) is 0 Å². The van der Waals surface area contributed by atoms with Crippen molar-refractivity contribution in [3.8, 4) is 23.0 Å². The molecule has 6 nitrogen and oxygen atoms in total. The second-order valence-electron chi connectivity index (χ2n) is 5.23.